The molecule has 0 radical (unpaired) electrons. The highest BCUT2D eigenvalue weighted by Gasteiger charge is 2.19. The molecule has 120 valence electrons. The Morgan fingerprint density at radius 1 is 1.26 bits per heavy atom. The molecule has 0 aromatic heterocycles. The van der Waals surface area contributed by atoms with Gasteiger partial charge in [-0.25, -0.2) is 4.79 Å². The van der Waals surface area contributed by atoms with Gasteiger partial charge in [-0.1, -0.05) is 25.0 Å². The summed E-state index contributed by atoms with van der Waals surface area (Å²) in [5.74, 6) is -1.33. The molecular weight excluding hydrogens is 294 g/mol. The number of nitrogens with one attached hydrogen (secondary N) is 2. The fraction of sp³-hybridized carbons (Fsp3) is 0.353. The number of carboxylic acid groups (broad SMARTS) is 1. The molecule has 2 rings (SSSR count). The van der Waals surface area contributed by atoms with Crippen molar-refractivity contribution in [3.05, 3.63) is 47.2 Å². The minimum absolute atomic E-state index is 0.0408. The molecule has 1 amide bonds. The largest absolute Gasteiger partial charge is 0.478 e. The second-order valence-corrected chi connectivity index (χ2v) is 5.51. The molecule has 0 bridgehead atoms. The van der Waals surface area contributed by atoms with E-state index in [0.717, 1.165) is 31.2 Å². The quantitative estimate of drug-likeness (QED) is 0.550. The van der Waals surface area contributed by atoms with Crippen LogP contribution in [0.15, 0.2) is 36.0 Å². The zero-order chi connectivity index (χ0) is 16.7. The standard InChI is InChI=1S/C17H19N3O3/c18-9-14(16(21)20-15-3-1-2-4-15)11-19-10-12-5-7-13(8-6-12)17(22)23/h5-8,11,15,19H,1-4,10H2,(H,20,21)(H,22,23)/b14-11-. The predicted octanol–water partition coefficient (Wildman–Crippen LogP) is 1.94. The highest BCUT2D eigenvalue weighted by atomic mass is 16.4. The van der Waals surface area contributed by atoms with Gasteiger partial charge >= 0.3 is 5.97 Å². The van der Waals surface area contributed by atoms with Crippen LogP contribution in [-0.2, 0) is 11.3 Å². The summed E-state index contributed by atoms with van der Waals surface area (Å²) in [6.45, 7) is 0.405. The van der Waals surface area contributed by atoms with Crippen LogP contribution in [0.25, 0.3) is 0 Å². The van der Waals surface area contributed by atoms with Crippen molar-refractivity contribution in [2.24, 2.45) is 0 Å². The molecule has 6 nitrogen and oxygen atoms in total. The van der Waals surface area contributed by atoms with Gasteiger partial charge in [0.25, 0.3) is 5.91 Å². The number of aromatic carboxylic acids is 1. The van der Waals surface area contributed by atoms with Crippen LogP contribution >= 0.6 is 0 Å². The number of benzene rings is 1. The van der Waals surface area contributed by atoms with Crippen molar-refractivity contribution in [2.75, 3.05) is 0 Å². The van der Waals surface area contributed by atoms with E-state index in [4.69, 9.17) is 10.4 Å². The van der Waals surface area contributed by atoms with E-state index in [2.05, 4.69) is 10.6 Å². The number of hydrogen-bond acceptors (Lipinski definition) is 4. The summed E-state index contributed by atoms with van der Waals surface area (Å²) in [6.07, 6.45) is 5.55. The van der Waals surface area contributed by atoms with Crippen molar-refractivity contribution in [2.45, 2.75) is 38.3 Å². The Morgan fingerprint density at radius 3 is 2.48 bits per heavy atom. The molecule has 6 heteroatoms. The topological polar surface area (TPSA) is 102 Å². The van der Waals surface area contributed by atoms with E-state index in [-0.39, 0.29) is 23.1 Å². The fourth-order valence-electron chi connectivity index (χ4n) is 2.52. The summed E-state index contributed by atoms with van der Waals surface area (Å²) in [5, 5.41) is 23.7. The lowest BCUT2D eigenvalue weighted by Gasteiger charge is -2.11. The number of nitrogens with zero attached hydrogens (tertiary/aromatic N) is 1. The molecule has 0 spiro atoms. The van der Waals surface area contributed by atoms with Crippen LogP contribution < -0.4 is 10.6 Å². The minimum Gasteiger partial charge on any atom is -0.478 e. The zero-order valence-electron chi connectivity index (χ0n) is 12.7. The molecule has 0 saturated heterocycles. The van der Waals surface area contributed by atoms with E-state index >= 15 is 0 Å². The maximum atomic E-state index is 12.0. The highest BCUT2D eigenvalue weighted by molar-refractivity contribution is 5.97. The van der Waals surface area contributed by atoms with Crippen LogP contribution in [-0.4, -0.2) is 23.0 Å². The molecule has 1 aromatic rings. The number of nitriles is 1. The Hall–Kier alpha value is -2.81. The van der Waals surface area contributed by atoms with Crippen LogP contribution in [0, 0.1) is 11.3 Å². The van der Waals surface area contributed by atoms with E-state index in [1.54, 1.807) is 12.1 Å². The van der Waals surface area contributed by atoms with Gasteiger partial charge < -0.3 is 15.7 Å². The van der Waals surface area contributed by atoms with E-state index in [1.165, 1.54) is 18.3 Å². The zero-order valence-corrected chi connectivity index (χ0v) is 12.7. The summed E-state index contributed by atoms with van der Waals surface area (Å²) in [6, 6.07) is 8.47. The number of rotatable bonds is 6. The van der Waals surface area contributed by atoms with Crippen molar-refractivity contribution < 1.29 is 14.7 Å². The Morgan fingerprint density at radius 2 is 1.91 bits per heavy atom. The van der Waals surface area contributed by atoms with Crippen molar-refractivity contribution in [1.82, 2.24) is 10.6 Å². The molecule has 0 atom stereocenters. The first-order valence-electron chi connectivity index (χ1n) is 7.57. The fourth-order valence-corrected chi connectivity index (χ4v) is 2.52. The lowest BCUT2D eigenvalue weighted by molar-refractivity contribution is -0.117. The third kappa shape index (κ3) is 4.85. The van der Waals surface area contributed by atoms with Gasteiger partial charge in [-0.15, -0.1) is 0 Å². The average molecular weight is 313 g/mol. The molecule has 1 fully saturated rings. The molecular formula is C17H19N3O3. The molecule has 1 aromatic carbocycles. The molecule has 1 aliphatic rings. The second-order valence-electron chi connectivity index (χ2n) is 5.51. The SMILES string of the molecule is N#C/C(=C/NCc1ccc(C(=O)O)cc1)C(=O)NC1CCCC1. The van der Waals surface area contributed by atoms with Gasteiger partial charge in [0.05, 0.1) is 5.56 Å². The first-order chi connectivity index (χ1) is 11.1. The van der Waals surface area contributed by atoms with Crippen molar-refractivity contribution in [3.8, 4) is 6.07 Å². The predicted molar refractivity (Wildman–Crippen MR) is 84.3 cm³/mol. The van der Waals surface area contributed by atoms with E-state index in [9.17, 15) is 9.59 Å². The van der Waals surface area contributed by atoms with E-state index in [0.29, 0.717) is 6.54 Å². The molecule has 0 unspecified atom stereocenters. The Bertz CT molecular complexity index is 638. The van der Waals surface area contributed by atoms with Gasteiger partial charge in [0.1, 0.15) is 11.6 Å². The normalized spacial score (nSPS) is 15.0. The van der Waals surface area contributed by atoms with Crippen LogP contribution in [0.5, 0.6) is 0 Å². The Balaban J connectivity index is 1.87. The maximum absolute atomic E-state index is 12.0. The summed E-state index contributed by atoms with van der Waals surface area (Å²) in [4.78, 5) is 22.8. The Labute approximate surface area is 134 Å². The average Bonchev–Trinajstić information content (AvgIpc) is 3.04. The van der Waals surface area contributed by atoms with Crippen molar-refractivity contribution in [1.29, 1.82) is 5.26 Å². The van der Waals surface area contributed by atoms with Gasteiger partial charge in [-0.05, 0) is 30.5 Å². The molecule has 1 saturated carbocycles. The summed E-state index contributed by atoms with van der Waals surface area (Å²) < 4.78 is 0. The first-order valence-corrected chi connectivity index (χ1v) is 7.57. The number of carbonyl (C=O) groups is 2. The molecule has 1 aliphatic carbocycles. The van der Waals surface area contributed by atoms with Crippen molar-refractivity contribution >= 4 is 11.9 Å². The Kier molecular flexibility index (Phi) is 5.75. The van der Waals surface area contributed by atoms with E-state index < -0.39 is 5.97 Å². The molecule has 0 aliphatic heterocycles. The number of amides is 1. The van der Waals surface area contributed by atoms with Crippen molar-refractivity contribution in [3.63, 3.8) is 0 Å². The lowest BCUT2D eigenvalue weighted by Crippen LogP contribution is -2.33. The van der Waals surface area contributed by atoms with Gasteiger partial charge in [0.2, 0.25) is 0 Å². The second kappa shape index (κ2) is 7.99. The minimum atomic E-state index is -0.972. The van der Waals surface area contributed by atoms with Crippen LogP contribution in [0.3, 0.4) is 0 Å². The van der Waals surface area contributed by atoms with Crippen LogP contribution in [0.4, 0.5) is 0 Å². The summed E-state index contributed by atoms with van der Waals surface area (Å²) in [7, 11) is 0. The monoisotopic (exact) mass is 313 g/mol. The van der Waals surface area contributed by atoms with Crippen LogP contribution in [0.2, 0.25) is 0 Å². The first kappa shape index (κ1) is 16.6. The number of carboxylic acids is 1. The van der Waals surface area contributed by atoms with E-state index in [1.807, 2.05) is 6.07 Å². The smallest absolute Gasteiger partial charge is 0.335 e. The maximum Gasteiger partial charge on any atom is 0.335 e. The van der Waals surface area contributed by atoms with Gasteiger partial charge in [-0.3, -0.25) is 4.79 Å². The molecule has 0 heterocycles. The van der Waals surface area contributed by atoms with Gasteiger partial charge in [0, 0.05) is 18.8 Å². The lowest BCUT2D eigenvalue weighted by atomic mass is 10.1. The summed E-state index contributed by atoms with van der Waals surface area (Å²) >= 11 is 0. The molecule has 3 N–H and O–H groups in total. The highest BCUT2D eigenvalue weighted by Crippen LogP contribution is 2.17. The molecule has 23 heavy (non-hydrogen) atoms. The third-order valence-corrected chi connectivity index (χ3v) is 3.81. The summed E-state index contributed by atoms with van der Waals surface area (Å²) in [5.41, 5.74) is 1.12. The third-order valence-electron chi connectivity index (χ3n) is 3.81. The van der Waals surface area contributed by atoms with Crippen LogP contribution in [0.1, 0.15) is 41.6 Å². The number of carbonyl (C=O) groups excluding carboxylic acids is 1. The van der Waals surface area contributed by atoms with Gasteiger partial charge in [-0.2, -0.15) is 5.26 Å². The number of hydrogen-bond donors (Lipinski definition) is 3. The van der Waals surface area contributed by atoms with Gasteiger partial charge in [0.15, 0.2) is 0 Å².